The third-order valence-electron chi connectivity index (χ3n) is 2.73. The second-order valence-electron chi connectivity index (χ2n) is 4.26. The van der Waals surface area contributed by atoms with Gasteiger partial charge in [-0.15, -0.1) is 0 Å². The summed E-state index contributed by atoms with van der Waals surface area (Å²) < 4.78 is 12.8. The highest BCUT2D eigenvalue weighted by Crippen LogP contribution is 2.14. The summed E-state index contributed by atoms with van der Waals surface area (Å²) in [4.78, 5) is 6.34. The standard InChI is InChI=1S/C14H14FN3S/c1-18(13-6-5-12(15)8-17-13)9-10-3-2-4-11(7-10)14(16)19/h2-8H,9H2,1H3,(H2,16,19). The van der Waals surface area contributed by atoms with Gasteiger partial charge >= 0.3 is 0 Å². The van der Waals surface area contributed by atoms with E-state index in [4.69, 9.17) is 18.0 Å². The molecule has 19 heavy (non-hydrogen) atoms. The molecule has 3 nitrogen and oxygen atoms in total. The molecule has 0 fully saturated rings. The largest absolute Gasteiger partial charge is 0.389 e. The van der Waals surface area contributed by atoms with E-state index in [1.165, 1.54) is 12.3 Å². The minimum absolute atomic E-state index is 0.340. The van der Waals surface area contributed by atoms with Crippen LogP contribution in [0.4, 0.5) is 10.2 Å². The number of anilines is 1. The number of rotatable bonds is 4. The fraction of sp³-hybridized carbons (Fsp3) is 0.143. The van der Waals surface area contributed by atoms with Crippen molar-refractivity contribution in [3.63, 3.8) is 0 Å². The van der Waals surface area contributed by atoms with Gasteiger partial charge in [0.1, 0.15) is 16.6 Å². The van der Waals surface area contributed by atoms with Gasteiger partial charge in [0.15, 0.2) is 0 Å². The Morgan fingerprint density at radius 2 is 2.16 bits per heavy atom. The minimum atomic E-state index is -0.340. The molecule has 1 heterocycles. The summed E-state index contributed by atoms with van der Waals surface area (Å²) in [6, 6.07) is 10.8. The molecule has 2 rings (SSSR count). The average Bonchev–Trinajstić information content (AvgIpc) is 2.39. The average molecular weight is 275 g/mol. The molecule has 0 saturated heterocycles. The summed E-state index contributed by atoms with van der Waals surface area (Å²) in [5, 5.41) is 0. The highest BCUT2D eigenvalue weighted by molar-refractivity contribution is 7.80. The van der Waals surface area contributed by atoms with Crippen LogP contribution in [0.2, 0.25) is 0 Å². The van der Waals surface area contributed by atoms with Crippen LogP contribution in [0.25, 0.3) is 0 Å². The molecular formula is C14H14FN3S. The van der Waals surface area contributed by atoms with Crippen LogP contribution < -0.4 is 10.6 Å². The first-order valence-corrected chi connectivity index (χ1v) is 6.18. The van der Waals surface area contributed by atoms with Crippen molar-refractivity contribution in [2.24, 2.45) is 5.73 Å². The summed E-state index contributed by atoms with van der Waals surface area (Å²) in [5.74, 6) is 0.370. The summed E-state index contributed by atoms with van der Waals surface area (Å²) in [6.07, 6.45) is 1.21. The molecule has 0 aliphatic heterocycles. The Morgan fingerprint density at radius 1 is 1.37 bits per heavy atom. The van der Waals surface area contributed by atoms with Crippen LogP contribution in [-0.4, -0.2) is 17.0 Å². The lowest BCUT2D eigenvalue weighted by molar-refractivity contribution is 0.621. The van der Waals surface area contributed by atoms with Crippen LogP contribution in [0.15, 0.2) is 42.6 Å². The molecule has 1 aromatic carbocycles. The van der Waals surface area contributed by atoms with Crippen LogP contribution in [0.5, 0.6) is 0 Å². The van der Waals surface area contributed by atoms with E-state index in [9.17, 15) is 4.39 Å². The predicted molar refractivity (Wildman–Crippen MR) is 78.6 cm³/mol. The van der Waals surface area contributed by atoms with E-state index >= 15 is 0 Å². The Hall–Kier alpha value is -2.01. The van der Waals surface area contributed by atoms with Gasteiger partial charge in [0, 0.05) is 19.2 Å². The van der Waals surface area contributed by atoms with Crippen LogP contribution in [-0.2, 0) is 6.54 Å². The summed E-state index contributed by atoms with van der Waals surface area (Å²) in [6.45, 7) is 0.648. The zero-order valence-corrected chi connectivity index (χ0v) is 11.3. The molecule has 2 aromatic rings. The van der Waals surface area contributed by atoms with E-state index in [1.54, 1.807) is 6.07 Å². The SMILES string of the molecule is CN(Cc1cccc(C(N)=S)c1)c1ccc(F)cn1. The molecule has 0 saturated carbocycles. The monoisotopic (exact) mass is 275 g/mol. The number of halogens is 1. The predicted octanol–water partition coefficient (Wildman–Crippen LogP) is 2.49. The Morgan fingerprint density at radius 3 is 2.79 bits per heavy atom. The number of nitrogens with two attached hydrogens (primary N) is 1. The van der Waals surface area contributed by atoms with Crippen molar-refractivity contribution in [3.05, 3.63) is 59.5 Å². The second-order valence-corrected chi connectivity index (χ2v) is 4.70. The van der Waals surface area contributed by atoms with Crippen molar-refractivity contribution >= 4 is 23.0 Å². The maximum absolute atomic E-state index is 12.8. The number of benzene rings is 1. The lowest BCUT2D eigenvalue weighted by atomic mass is 10.1. The Balaban J connectivity index is 2.14. The topological polar surface area (TPSA) is 42.1 Å². The number of hydrogen-bond acceptors (Lipinski definition) is 3. The van der Waals surface area contributed by atoms with E-state index in [2.05, 4.69) is 4.98 Å². The van der Waals surface area contributed by atoms with Crippen LogP contribution in [0.1, 0.15) is 11.1 Å². The fourth-order valence-electron chi connectivity index (χ4n) is 1.77. The maximum Gasteiger partial charge on any atom is 0.141 e. The van der Waals surface area contributed by atoms with Crippen molar-refractivity contribution in [1.82, 2.24) is 4.98 Å². The van der Waals surface area contributed by atoms with Crippen molar-refractivity contribution in [2.45, 2.75) is 6.54 Å². The Labute approximate surface area is 116 Å². The van der Waals surface area contributed by atoms with E-state index in [1.807, 2.05) is 36.2 Å². The number of nitrogens with zero attached hydrogens (tertiary/aromatic N) is 2. The lowest BCUT2D eigenvalue weighted by Gasteiger charge is -2.18. The Kier molecular flexibility index (Phi) is 4.06. The summed E-state index contributed by atoms with van der Waals surface area (Å²) >= 11 is 4.95. The molecule has 0 amide bonds. The van der Waals surface area contributed by atoms with Gasteiger partial charge in [0.25, 0.3) is 0 Å². The molecule has 0 bridgehead atoms. The third kappa shape index (κ3) is 3.48. The molecule has 0 spiro atoms. The number of thiocarbonyl (C=S) groups is 1. The third-order valence-corrected chi connectivity index (χ3v) is 2.97. The van der Waals surface area contributed by atoms with E-state index in [0.29, 0.717) is 17.4 Å². The summed E-state index contributed by atoms with van der Waals surface area (Å²) in [5.41, 5.74) is 7.51. The molecule has 0 aliphatic carbocycles. The smallest absolute Gasteiger partial charge is 0.141 e. The molecule has 5 heteroatoms. The Bertz CT molecular complexity index is 583. The van der Waals surface area contributed by atoms with Gasteiger partial charge in [-0.2, -0.15) is 0 Å². The van der Waals surface area contributed by atoms with Crippen molar-refractivity contribution in [1.29, 1.82) is 0 Å². The van der Waals surface area contributed by atoms with E-state index in [-0.39, 0.29) is 5.82 Å². The van der Waals surface area contributed by atoms with E-state index in [0.717, 1.165) is 11.1 Å². The first-order chi connectivity index (χ1) is 9.06. The zero-order chi connectivity index (χ0) is 13.8. The molecular weight excluding hydrogens is 261 g/mol. The van der Waals surface area contributed by atoms with Gasteiger partial charge in [-0.1, -0.05) is 30.4 Å². The fourth-order valence-corrected chi connectivity index (χ4v) is 1.90. The highest BCUT2D eigenvalue weighted by Gasteiger charge is 2.05. The van der Waals surface area contributed by atoms with E-state index < -0.39 is 0 Å². The van der Waals surface area contributed by atoms with Crippen LogP contribution in [0.3, 0.4) is 0 Å². The van der Waals surface area contributed by atoms with Crippen molar-refractivity contribution < 1.29 is 4.39 Å². The first kappa shape index (κ1) is 13.4. The molecule has 0 atom stereocenters. The molecule has 0 unspecified atom stereocenters. The van der Waals surface area contributed by atoms with Gasteiger partial charge < -0.3 is 10.6 Å². The first-order valence-electron chi connectivity index (χ1n) is 5.77. The maximum atomic E-state index is 12.8. The second kappa shape index (κ2) is 5.75. The molecule has 0 radical (unpaired) electrons. The van der Waals surface area contributed by atoms with Gasteiger partial charge in [-0.25, -0.2) is 9.37 Å². The number of pyridine rings is 1. The molecule has 98 valence electrons. The number of aromatic nitrogens is 1. The van der Waals surface area contributed by atoms with Crippen LogP contribution >= 0.6 is 12.2 Å². The van der Waals surface area contributed by atoms with Gasteiger partial charge in [0.2, 0.25) is 0 Å². The minimum Gasteiger partial charge on any atom is -0.389 e. The molecule has 0 aliphatic rings. The molecule has 1 aromatic heterocycles. The zero-order valence-electron chi connectivity index (χ0n) is 10.5. The van der Waals surface area contributed by atoms with Crippen molar-refractivity contribution in [2.75, 3.05) is 11.9 Å². The molecule has 2 N–H and O–H groups in total. The quantitative estimate of drug-likeness (QED) is 0.871. The van der Waals surface area contributed by atoms with Crippen molar-refractivity contribution in [3.8, 4) is 0 Å². The highest BCUT2D eigenvalue weighted by atomic mass is 32.1. The summed E-state index contributed by atoms with van der Waals surface area (Å²) in [7, 11) is 1.90. The normalized spacial score (nSPS) is 10.2. The number of hydrogen-bond donors (Lipinski definition) is 1. The van der Waals surface area contributed by atoms with Gasteiger partial charge in [-0.05, 0) is 23.8 Å². The lowest BCUT2D eigenvalue weighted by Crippen LogP contribution is -2.18. The van der Waals surface area contributed by atoms with Gasteiger partial charge in [0.05, 0.1) is 6.20 Å². The van der Waals surface area contributed by atoms with Crippen LogP contribution in [0, 0.1) is 5.82 Å². The van der Waals surface area contributed by atoms with Gasteiger partial charge in [-0.3, -0.25) is 0 Å².